The van der Waals surface area contributed by atoms with Crippen molar-refractivity contribution in [2.45, 2.75) is 39.7 Å². The number of carbonyl (C=O) groups excluding carboxylic acids is 1. The van der Waals surface area contributed by atoms with E-state index in [-0.39, 0.29) is 11.4 Å². The molecular weight excluding hydrogens is 444 g/mol. The molecule has 0 spiro atoms. The van der Waals surface area contributed by atoms with Gasteiger partial charge in [-0.05, 0) is 48.3 Å². The van der Waals surface area contributed by atoms with Crippen molar-refractivity contribution >= 4 is 22.8 Å². The Morgan fingerprint density at radius 1 is 0.889 bits per heavy atom. The number of aromatic nitrogens is 2. The van der Waals surface area contributed by atoms with Gasteiger partial charge in [-0.25, -0.2) is 14.8 Å². The summed E-state index contributed by atoms with van der Waals surface area (Å²) in [4.78, 5) is 25.4. The molecule has 5 nitrogen and oxygen atoms in total. The second-order valence-corrected chi connectivity index (χ2v) is 11.1. The smallest absolute Gasteiger partial charge is 0.321 e. The summed E-state index contributed by atoms with van der Waals surface area (Å²) in [6.07, 6.45) is 2.17. The van der Waals surface area contributed by atoms with E-state index in [4.69, 9.17) is 9.97 Å². The summed E-state index contributed by atoms with van der Waals surface area (Å²) in [5.41, 5.74) is 6.32. The average molecular weight is 477 g/mol. The summed E-state index contributed by atoms with van der Waals surface area (Å²) in [5.74, 6) is 1.20. The molecule has 3 aromatic carbocycles. The fourth-order valence-electron chi connectivity index (χ4n) is 6.11. The quantitative estimate of drug-likeness (QED) is 0.339. The number of anilines is 1. The number of rotatable bonds is 3. The van der Waals surface area contributed by atoms with Gasteiger partial charge in [0.15, 0.2) is 0 Å². The molecule has 0 radical (unpaired) electrons. The molecule has 0 unspecified atom stereocenters. The van der Waals surface area contributed by atoms with Crippen molar-refractivity contribution in [1.82, 2.24) is 14.9 Å². The fraction of sp³-hybridized carbons (Fsp3) is 0.323. The van der Waals surface area contributed by atoms with Gasteiger partial charge in [-0.2, -0.15) is 0 Å². The summed E-state index contributed by atoms with van der Waals surface area (Å²) in [7, 11) is 0. The predicted molar refractivity (Wildman–Crippen MR) is 146 cm³/mol. The second-order valence-electron chi connectivity index (χ2n) is 11.1. The van der Waals surface area contributed by atoms with E-state index in [1.54, 1.807) is 0 Å². The summed E-state index contributed by atoms with van der Waals surface area (Å²) in [6, 6.07) is 26.4. The van der Waals surface area contributed by atoms with Crippen LogP contribution in [0.4, 0.5) is 10.5 Å². The zero-order valence-corrected chi connectivity index (χ0v) is 21.1. The van der Waals surface area contributed by atoms with Crippen LogP contribution in [0.1, 0.15) is 33.6 Å². The van der Waals surface area contributed by atoms with Crippen molar-refractivity contribution in [3.05, 3.63) is 78.9 Å². The van der Waals surface area contributed by atoms with Gasteiger partial charge in [0.2, 0.25) is 0 Å². The van der Waals surface area contributed by atoms with Crippen LogP contribution in [-0.4, -0.2) is 33.5 Å². The van der Waals surface area contributed by atoms with Crippen molar-refractivity contribution < 1.29 is 4.79 Å². The first-order valence-corrected chi connectivity index (χ1v) is 12.9. The van der Waals surface area contributed by atoms with Gasteiger partial charge in [0.1, 0.15) is 0 Å². The topological polar surface area (TPSA) is 58.1 Å². The van der Waals surface area contributed by atoms with E-state index in [2.05, 4.69) is 55.3 Å². The highest BCUT2D eigenvalue weighted by Gasteiger charge is 2.48. The Labute approximate surface area is 212 Å². The van der Waals surface area contributed by atoms with E-state index < -0.39 is 0 Å². The molecule has 2 aliphatic rings. The molecule has 2 fully saturated rings. The monoisotopic (exact) mass is 476 g/mol. The van der Waals surface area contributed by atoms with E-state index in [1.165, 1.54) is 0 Å². The summed E-state index contributed by atoms with van der Waals surface area (Å²) < 4.78 is 0. The number of fused-ring (bicyclic) bond motifs is 3. The van der Waals surface area contributed by atoms with Crippen LogP contribution in [0.2, 0.25) is 0 Å². The van der Waals surface area contributed by atoms with Crippen LogP contribution in [0.3, 0.4) is 0 Å². The molecular formula is C31H32N4O. The molecule has 2 bridgehead atoms. The molecule has 2 amide bonds. The Morgan fingerprint density at radius 3 is 2.14 bits per heavy atom. The minimum Gasteiger partial charge on any atom is -0.321 e. The average Bonchev–Trinajstić information content (AvgIpc) is 3.27. The fourth-order valence-corrected chi connectivity index (χ4v) is 6.11. The molecule has 2 heterocycles. The van der Waals surface area contributed by atoms with Gasteiger partial charge in [-0.1, -0.05) is 81.4 Å². The van der Waals surface area contributed by atoms with Crippen molar-refractivity contribution in [2.24, 2.45) is 17.3 Å². The third kappa shape index (κ3) is 4.02. The Balaban J connectivity index is 1.33. The lowest BCUT2D eigenvalue weighted by Gasteiger charge is -2.40. The number of hydrogen-bond acceptors (Lipinski definition) is 3. The van der Waals surface area contributed by atoms with E-state index >= 15 is 0 Å². The molecule has 3 atom stereocenters. The minimum absolute atomic E-state index is 0.0103. The maximum atomic E-state index is 13.3. The Kier molecular flexibility index (Phi) is 5.51. The van der Waals surface area contributed by atoms with Gasteiger partial charge < -0.3 is 10.2 Å². The minimum atomic E-state index is -0.0103. The molecule has 1 N–H and O–H groups in total. The highest BCUT2D eigenvalue weighted by Crippen LogP contribution is 2.49. The van der Waals surface area contributed by atoms with Crippen LogP contribution in [0.15, 0.2) is 78.9 Å². The zero-order valence-electron chi connectivity index (χ0n) is 21.1. The Bertz CT molecular complexity index is 1420. The zero-order chi connectivity index (χ0) is 24.9. The number of likely N-dealkylation sites (tertiary alicyclic amines) is 1. The van der Waals surface area contributed by atoms with Gasteiger partial charge >= 0.3 is 6.03 Å². The number of benzene rings is 3. The number of nitrogens with one attached hydrogen (secondary N) is 1. The molecule has 36 heavy (non-hydrogen) atoms. The summed E-state index contributed by atoms with van der Waals surface area (Å²) in [6.45, 7) is 7.87. The molecule has 5 heteroatoms. The molecule has 182 valence electrons. The summed E-state index contributed by atoms with van der Waals surface area (Å²) >= 11 is 0. The van der Waals surface area contributed by atoms with Gasteiger partial charge in [0.25, 0.3) is 0 Å². The first-order chi connectivity index (χ1) is 17.4. The van der Waals surface area contributed by atoms with Crippen LogP contribution in [0, 0.1) is 17.3 Å². The van der Waals surface area contributed by atoms with Crippen molar-refractivity contribution in [1.29, 1.82) is 0 Å². The van der Waals surface area contributed by atoms with Gasteiger partial charge in [-0.3, -0.25) is 0 Å². The van der Waals surface area contributed by atoms with E-state index in [9.17, 15) is 4.79 Å². The van der Waals surface area contributed by atoms with Gasteiger partial charge in [0.05, 0.1) is 22.4 Å². The highest BCUT2D eigenvalue weighted by molar-refractivity contribution is 5.93. The second kappa shape index (κ2) is 8.74. The van der Waals surface area contributed by atoms with Crippen molar-refractivity contribution in [3.8, 4) is 22.5 Å². The normalized spacial score (nSPS) is 22.5. The van der Waals surface area contributed by atoms with Gasteiger partial charge in [0, 0.05) is 29.4 Å². The lowest BCUT2D eigenvalue weighted by atomic mass is 9.65. The Hall–Kier alpha value is -3.73. The first kappa shape index (κ1) is 22.7. The predicted octanol–water partition coefficient (Wildman–Crippen LogP) is 7.25. The molecule has 1 saturated heterocycles. The highest BCUT2D eigenvalue weighted by atomic mass is 16.2. The Morgan fingerprint density at radius 2 is 1.50 bits per heavy atom. The maximum Gasteiger partial charge on any atom is 0.322 e. The molecule has 6 rings (SSSR count). The van der Waals surface area contributed by atoms with Crippen LogP contribution in [0.5, 0.6) is 0 Å². The SMILES string of the molecule is C[C@H]1[C@H]2C[C@@H](CC1(C)C)N(C(=O)Nc1ccc3nc(-c4ccccc4)c(-c4ccccc4)nc3c1)C2. The standard InChI is InChI=1S/C31H32N4O/c1-20-23-16-25(18-31(20,2)3)35(19-23)30(36)32-24-14-15-26-27(17-24)34-29(22-12-8-5-9-13-22)28(33-26)21-10-6-4-7-11-21/h4-15,17,20,23,25H,16,18-19H2,1-3H3,(H,32,36)/t20-,23-,25-/m0/s1. The van der Waals surface area contributed by atoms with E-state index in [1.807, 2.05) is 54.6 Å². The molecule has 4 aromatic rings. The third-order valence-electron chi connectivity index (χ3n) is 8.42. The molecule has 1 aliphatic carbocycles. The largest absolute Gasteiger partial charge is 0.322 e. The number of carbonyl (C=O) groups is 1. The number of nitrogens with zero attached hydrogens (tertiary/aromatic N) is 3. The lowest BCUT2D eigenvalue weighted by molar-refractivity contribution is 0.104. The third-order valence-corrected chi connectivity index (χ3v) is 8.42. The maximum absolute atomic E-state index is 13.3. The summed E-state index contributed by atoms with van der Waals surface area (Å²) in [5, 5.41) is 3.16. The number of hydrogen-bond donors (Lipinski definition) is 1. The van der Waals surface area contributed by atoms with E-state index in [0.717, 1.165) is 58.6 Å². The molecule has 1 aliphatic heterocycles. The first-order valence-electron chi connectivity index (χ1n) is 12.9. The van der Waals surface area contributed by atoms with Crippen LogP contribution >= 0.6 is 0 Å². The van der Waals surface area contributed by atoms with Crippen molar-refractivity contribution in [2.75, 3.05) is 11.9 Å². The van der Waals surface area contributed by atoms with Gasteiger partial charge in [-0.15, -0.1) is 0 Å². The van der Waals surface area contributed by atoms with Crippen LogP contribution < -0.4 is 5.32 Å². The molecule has 1 saturated carbocycles. The van der Waals surface area contributed by atoms with Crippen LogP contribution in [0.25, 0.3) is 33.5 Å². The molecule has 1 aromatic heterocycles. The van der Waals surface area contributed by atoms with E-state index in [0.29, 0.717) is 17.9 Å². The lowest BCUT2D eigenvalue weighted by Crippen LogP contribution is -2.41. The number of amides is 2. The van der Waals surface area contributed by atoms with Crippen LogP contribution in [-0.2, 0) is 0 Å². The number of urea groups is 1. The van der Waals surface area contributed by atoms with Crippen molar-refractivity contribution in [3.63, 3.8) is 0 Å².